The summed E-state index contributed by atoms with van der Waals surface area (Å²) in [5, 5.41) is 21.5. The van der Waals surface area contributed by atoms with Crippen molar-refractivity contribution in [3.05, 3.63) is 81.6 Å². The SMILES string of the molecule is CCOc1cccc(-c2c(C#N)c(C#N)cc3cc(Cl)c(Cl)c(OC4=CCC(CC(=O)COC)C=C4)c23)c1. The predicted molar refractivity (Wildman–Crippen MR) is 147 cm³/mol. The van der Waals surface area contributed by atoms with Crippen LogP contribution in [-0.4, -0.2) is 26.1 Å². The van der Waals surface area contributed by atoms with Crippen LogP contribution >= 0.6 is 23.2 Å². The molecule has 0 heterocycles. The number of ketones is 1. The summed E-state index contributed by atoms with van der Waals surface area (Å²) in [6.45, 7) is 2.44. The second kappa shape index (κ2) is 12.2. The van der Waals surface area contributed by atoms with E-state index >= 15 is 0 Å². The van der Waals surface area contributed by atoms with Crippen LogP contribution in [-0.2, 0) is 9.53 Å². The summed E-state index contributed by atoms with van der Waals surface area (Å²) in [5.41, 5.74) is 1.58. The number of Topliss-reactive ketones (excluding diaryl/α,β-unsaturated/α-hetero) is 1. The van der Waals surface area contributed by atoms with Crippen LogP contribution in [0.1, 0.15) is 30.9 Å². The van der Waals surface area contributed by atoms with Gasteiger partial charge in [0.1, 0.15) is 35.3 Å². The Kier molecular flexibility index (Phi) is 8.71. The number of nitriles is 2. The molecule has 1 aliphatic rings. The van der Waals surface area contributed by atoms with Crippen molar-refractivity contribution in [2.45, 2.75) is 19.8 Å². The third kappa shape index (κ3) is 5.69. The molecule has 6 nitrogen and oxygen atoms in total. The molecule has 0 saturated heterocycles. The molecule has 1 aliphatic carbocycles. The lowest BCUT2D eigenvalue weighted by Crippen LogP contribution is -2.13. The number of fused-ring (bicyclic) bond motifs is 1. The molecule has 0 amide bonds. The molecule has 1 atom stereocenters. The quantitative estimate of drug-likeness (QED) is 0.277. The van der Waals surface area contributed by atoms with Crippen molar-refractivity contribution in [1.29, 1.82) is 10.5 Å². The van der Waals surface area contributed by atoms with E-state index in [1.54, 1.807) is 18.2 Å². The number of rotatable bonds is 9. The van der Waals surface area contributed by atoms with E-state index in [1.165, 1.54) is 7.11 Å². The molecule has 3 aromatic carbocycles. The number of allylic oxidation sites excluding steroid dienone is 3. The van der Waals surface area contributed by atoms with Crippen LogP contribution < -0.4 is 9.47 Å². The summed E-state index contributed by atoms with van der Waals surface area (Å²) >= 11 is 13.2. The Bertz CT molecular complexity index is 1550. The predicted octanol–water partition coefficient (Wildman–Crippen LogP) is 7.40. The van der Waals surface area contributed by atoms with E-state index in [4.69, 9.17) is 37.4 Å². The first-order chi connectivity index (χ1) is 18.4. The summed E-state index contributed by atoms with van der Waals surface area (Å²) in [5.74, 6) is 1.50. The van der Waals surface area contributed by atoms with Crippen molar-refractivity contribution in [1.82, 2.24) is 0 Å². The minimum atomic E-state index is 0.0278. The van der Waals surface area contributed by atoms with Gasteiger partial charge in [0, 0.05) is 24.5 Å². The van der Waals surface area contributed by atoms with Gasteiger partial charge in [-0.2, -0.15) is 10.5 Å². The molecule has 0 aliphatic heterocycles. The van der Waals surface area contributed by atoms with E-state index in [1.807, 2.05) is 43.3 Å². The van der Waals surface area contributed by atoms with Crippen LogP contribution in [0.2, 0.25) is 10.0 Å². The number of methoxy groups -OCH3 is 1. The molecule has 8 heteroatoms. The molecule has 192 valence electrons. The minimum absolute atomic E-state index is 0.0278. The topological polar surface area (TPSA) is 92.3 Å². The van der Waals surface area contributed by atoms with Crippen LogP contribution in [0.15, 0.2) is 60.4 Å². The lowest BCUT2D eigenvalue weighted by Gasteiger charge is -2.20. The zero-order valence-corrected chi connectivity index (χ0v) is 22.4. The Morgan fingerprint density at radius 3 is 2.63 bits per heavy atom. The van der Waals surface area contributed by atoms with Crippen LogP contribution in [0, 0.1) is 28.6 Å². The first kappa shape index (κ1) is 27.2. The zero-order valence-electron chi connectivity index (χ0n) is 20.9. The number of carbonyl (C=O) groups excluding carboxylic acids is 1. The van der Waals surface area contributed by atoms with E-state index < -0.39 is 0 Å². The summed E-state index contributed by atoms with van der Waals surface area (Å²) in [4.78, 5) is 12.0. The van der Waals surface area contributed by atoms with Gasteiger partial charge in [0.05, 0.1) is 22.8 Å². The molecule has 0 saturated carbocycles. The third-order valence-corrected chi connectivity index (χ3v) is 6.88. The van der Waals surface area contributed by atoms with Crippen molar-refractivity contribution >= 4 is 39.8 Å². The first-order valence-electron chi connectivity index (χ1n) is 12.0. The van der Waals surface area contributed by atoms with Crippen LogP contribution in [0.5, 0.6) is 11.5 Å². The molecular weight excluding hydrogens is 523 g/mol. The van der Waals surface area contributed by atoms with Gasteiger partial charge in [0.2, 0.25) is 0 Å². The summed E-state index contributed by atoms with van der Waals surface area (Å²) < 4.78 is 16.9. The van der Waals surface area contributed by atoms with Crippen molar-refractivity contribution in [3.8, 4) is 34.8 Å². The monoisotopic (exact) mass is 546 g/mol. The van der Waals surface area contributed by atoms with Gasteiger partial charge < -0.3 is 14.2 Å². The lowest BCUT2D eigenvalue weighted by atomic mass is 9.89. The maximum Gasteiger partial charge on any atom is 0.159 e. The standard InChI is InChI=1S/C30H24Cl2N2O4/c1-3-37-24-6-4-5-19(13-24)27-25(16-34)21(15-33)12-20-14-26(31)29(32)30(28(20)27)38-23-9-7-18(8-10-23)11-22(35)17-36-2/h4-7,9-10,12-14,18H,3,8,11,17H2,1-2H3. The minimum Gasteiger partial charge on any atom is -0.494 e. The molecule has 4 rings (SSSR count). The maximum atomic E-state index is 12.0. The number of hydrogen-bond acceptors (Lipinski definition) is 6. The van der Waals surface area contributed by atoms with E-state index in [2.05, 4.69) is 12.1 Å². The maximum absolute atomic E-state index is 12.0. The molecular formula is C30H24Cl2N2O4. The highest BCUT2D eigenvalue weighted by atomic mass is 35.5. The molecule has 0 spiro atoms. The van der Waals surface area contributed by atoms with Crippen molar-refractivity contribution in [2.75, 3.05) is 20.3 Å². The fourth-order valence-electron chi connectivity index (χ4n) is 4.48. The Hall–Kier alpha value is -3.81. The van der Waals surface area contributed by atoms with Crippen LogP contribution in [0.4, 0.5) is 0 Å². The molecule has 1 unspecified atom stereocenters. The fourth-order valence-corrected chi connectivity index (χ4v) is 4.87. The van der Waals surface area contributed by atoms with E-state index in [0.29, 0.717) is 52.9 Å². The van der Waals surface area contributed by atoms with Gasteiger partial charge in [0.25, 0.3) is 0 Å². The highest BCUT2D eigenvalue weighted by Crippen LogP contribution is 2.47. The Morgan fingerprint density at radius 2 is 1.97 bits per heavy atom. The van der Waals surface area contributed by atoms with Crippen LogP contribution in [0.3, 0.4) is 0 Å². The average molecular weight is 547 g/mol. The Labute approximate surface area is 231 Å². The number of halogens is 2. The highest BCUT2D eigenvalue weighted by Gasteiger charge is 2.24. The molecule has 0 aromatic heterocycles. The van der Waals surface area contributed by atoms with Crippen molar-refractivity contribution < 1.29 is 19.0 Å². The molecule has 0 N–H and O–H groups in total. The summed E-state index contributed by atoms with van der Waals surface area (Å²) in [6.07, 6.45) is 6.57. The number of hydrogen-bond donors (Lipinski definition) is 0. The van der Waals surface area contributed by atoms with E-state index in [0.717, 1.165) is 0 Å². The smallest absolute Gasteiger partial charge is 0.159 e. The summed E-state index contributed by atoms with van der Waals surface area (Å²) in [6, 6.07) is 14.9. The Balaban J connectivity index is 1.86. The number of benzene rings is 3. The normalized spacial score (nSPS) is 14.5. The van der Waals surface area contributed by atoms with E-state index in [9.17, 15) is 15.3 Å². The number of carbonyl (C=O) groups is 1. The third-order valence-electron chi connectivity index (χ3n) is 6.11. The molecule has 0 fully saturated rings. The molecule has 0 radical (unpaired) electrons. The highest BCUT2D eigenvalue weighted by molar-refractivity contribution is 6.44. The number of ether oxygens (including phenoxy) is 3. The van der Waals surface area contributed by atoms with Crippen molar-refractivity contribution in [2.24, 2.45) is 5.92 Å². The van der Waals surface area contributed by atoms with Gasteiger partial charge in [-0.3, -0.25) is 4.79 Å². The summed E-state index contributed by atoms with van der Waals surface area (Å²) in [7, 11) is 1.50. The van der Waals surface area contributed by atoms with Gasteiger partial charge in [-0.25, -0.2) is 0 Å². The second-order valence-corrected chi connectivity index (χ2v) is 9.48. The Morgan fingerprint density at radius 1 is 1.16 bits per heavy atom. The van der Waals surface area contributed by atoms with Gasteiger partial charge in [-0.15, -0.1) is 0 Å². The lowest BCUT2D eigenvalue weighted by molar-refractivity contribution is -0.123. The van der Waals surface area contributed by atoms with Gasteiger partial charge in [-0.05, 0) is 66.6 Å². The molecule has 38 heavy (non-hydrogen) atoms. The first-order valence-corrected chi connectivity index (χ1v) is 12.7. The van der Waals surface area contributed by atoms with Gasteiger partial charge in [0.15, 0.2) is 11.5 Å². The largest absolute Gasteiger partial charge is 0.494 e. The van der Waals surface area contributed by atoms with Gasteiger partial charge in [-0.1, -0.05) is 41.4 Å². The van der Waals surface area contributed by atoms with Crippen molar-refractivity contribution in [3.63, 3.8) is 0 Å². The average Bonchev–Trinajstić information content (AvgIpc) is 2.91. The fraction of sp³-hybridized carbons (Fsp3) is 0.233. The van der Waals surface area contributed by atoms with E-state index in [-0.39, 0.29) is 45.2 Å². The molecule has 3 aromatic rings. The van der Waals surface area contributed by atoms with Gasteiger partial charge >= 0.3 is 0 Å². The molecule has 0 bridgehead atoms. The number of nitrogens with zero attached hydrogens (tertiary/aromatic N) is 2. The van der Waals surface area contributed by atoms with Crippen LogP contribution in [0.25, 0.3) is 21.9 Å². The second-order valence-electron chi connectivity index (χ2n) is 8.70. The zero-order chi connectivity index (χ0) is 27.2.